The van der Waals surface area contributed by atoms with E-state index in [2.05, 4.69) is 26.6 Å². The number of likely N-dealkylation sites (tertiary alicyclic amines) is 1. The summed E-state index contributed by atoms with van der Waals surface area (Å²) in [5.41, 5.74) is -0.0755. The van der Waals surface area contributed by atoms with E-state index in [0.29, 0.717) is 30.2 Å². The second-order valence-electron chi connectivity index (χ2n) is 11.9. The smallest absolute Gasteiger partial charge is 0.250 e. The van der Waals surface area contributed by atoms with Crippen molar-refractivity contribution in [3.8, 4) is 5.75 Å². The summed E-state index contributed by atoms with van der Waals surface area (Å²) in [5, 5.41) is 18.4. The van der Waals surface area contributed by atoms with Crippen LogP contribution >= 0.6 is 15.9 Å². The Hall–Kier alpha value is -3.47. The molecule has 9 nitrogen and oxygen atoms in total. The van der Waals surface area contributed by atoms with Crippen LogP contribution in [0.5, 0.6) is 5.75 Å². The van der Waals surface area contributed by atoms with Crippen molar-refractivity contribution in [2.24, 2.45) is 17.8 Å². The lowest BCUT2D eigenvalue weighted by molar-refractivity contribution is -0.144. The van der Waals surface area contributed by atoms with E-state index >= 15 is 0 Å². The Morgan fingerprint density at radius 1 is 1.05 bits per heavy atom. The highest BCUT2D eigenvalue weighted by Crippen LogP contribution is 2.60. The number of ether oxygens (including phenoxy) is 2. The molecule has 0 saturated carbocycles. The molecule has 7 atom stereocenters. The van der Waals surface area contributed by atoms with E-state index in [1.807, 2.05) is 63.2 Å². The lowest BCUT2D eigenvalue weighted by Crippen LogP contribution is -2.57. The molecule has 43 heavy (non-hydrogen) atoms. The largest absolute Gasteiger partial charge is 0.494 e. The summed E-state index contributed by atoms with van der Waals surface area (Å²) < 4.78 is 12.1. The Balaban J connectivity index is 1.34. The molecular formula is C33H36BrN3O6. The van der Waals surface area contributed by atoms with Crippen LogP contribution in [0.2, 0.25) is 0 Å². The number of hydrogen-bond donors (Lipinski definition) is 3. The maximum Gasteiger partial charge on any atom is 0.250 e. The molecular weight excluding hydrogens is 614 g/mol. The molecule has 3 aliphatic heterocycles. The number of alkyl halides is 1. The van der Waals surface area contributed by atoms with Crippen molar-refractivity contribution < 1.29 is 29.0 Å². The molecule has 3 unspecified atom stereocenters. The first-order valence-corrected chi connectivity index (χ1v) is 15.7. The molecule has 3 N–H and O–H groups in total. The molecule has 3 aliphatic rings. The first-order chi connectivity index (χ1) is 20.7. The molecule has 0 aromatic heterocycles. The van der Waals surface area contributed by atoms with Crippen molar-refractivity contribution in [1.29, 1.82) is 0 Å². The van der Waals surface area contributed by atoms with E-state index in [9.17, 15) is 19.5 Å². The van der Waals surface area contributed by atoms with Crippen molar-refractivity contribution in [3.63, 3.8) is 0 Å². The van der Waals surface area contributed by atoms with Crippen LogP contribution in [0.15, 0.2) is 66.7 Å². The number of nitrogens with one attached hydrogen (secondary N) is 2. The van der Waals surface area contributed by atoms with Crippen molar-refractivity contribution in [3.05, 3.63) is 66.7 Å². The van der Waals surface area contributed by atoms with E-state index < -0.39 is 41.5 Å². The van der Waals surface area contributed by atoms with Gasteiger partial charge in [0.15, 0.2) is 0 Å². The Bertz CT molecular complexity index is 1550. The van der Waals surface area contributed by atoms with Gasteiger partial charge in [-0.15, -0.1) is 0 Å². The number of rotatable bonds is 9. The number of amides is 3. The van der Waals surface area contributed by atoms with Gasteiger partial charge in [0.1, 0.15) is 17.4 Å². The lowest BCUT2D eigenvalue weighted by atomic mass is 9.70. The summed E-state index contributed by atoms with van der Waals surface area (Å²) >= 11 is 3.71. The summed E-state index contributed by atoms with van der Waals surface area (Å²) in [6, 6.07) is 18.9. The molecule has 3 aromatic carbocycles. The predicted octanol–water partition coefficient (Wildman–Crippen LogP) is 4.58. The first-order valence-electron chi connectivity index (χ1n) is 14.8. The minimum Gasteiger partial charge on any atom is -0.494 e. The second-order valence-corrected chi connectivity index (χ2v) is 13.1. The fourth-order valence-corrected chi connectivity index (χ4v) is 8.09. The van der Waals surface area contributed by atoms with Gasteiger partial charge in [0.05, 0.1) is 37.2 Å². The number of carbonyl (C=O) groups excluding carboxylic acids is 3. The third-order valence-corrected chi connectivity index (χ3v) is 9.89. The van der Waals surface area contributed by atoms with Gasteiger partial charge in [-0.1, -0.05) is 60.1 Å². The fraction of sp³-hybridized carbons (Fsp3) is 0.424. The van der Waals surface area contributed by atoms with Gasteiger partial charge in [-0.2, -0.15) is 0 Å². The standard InChI is InChI=1S/C33H36BrN3O6/c1-4-42-23-13-11-21(12-14-23)35-30(39)26-27-32(41)37(25(17-38)18(2)3)29(33(27)16-24(34)28(26)43-33)31(40)36-22-10-9-19-7-5-6-8-20(19)15-22/h5-15,18,24-29,38H,4,16-17H2,1-3H3,(H,35,39)(H,36,40)/t24?,25-,26+,27-,28+,29?,33?/m0/s1. The van der Waals surface area contributed by atoms with Crippen molar-refractivity contribution >= 4 is 55.8 Å². The number of aliphatic hydroxyl groups is 1. The Morgan fingerprint density at radius 2 is 1.72 bits per heavy atom. The summed E-state index contributed by atoms with van der Waals surface area (Å²) in [6.07, 6.45) is -0.218. The summed E-state index contributed by atoms with van der Waals surface area (Å²) in [4.78, 5) is 43.7. The minimum atomic E-state index is -1.24. The lowest BCUT2D eigenvalue weighted by Gasteiger charge is -2.38. The Kier molecular flexibility index (Phi) is 7.95. The zero-order chi connectivity index (χ0) is 30.5. The molecule has 0 aliphatic carbocycles. The van der Waals surface area contributed by atoms with E-state index in [0.717, 1.165) is 10.8 Å². The topological polar surface area (TPSA) is 117 Å². The van der Waals surface area contributed by atoms with Crippen LogP contribution in [0.25, 0.3) is 10.8 Å². The van der Waals surface area contributed by atoms with E-state index in [-0.39, 0.29) is 29.2 Å². The number of aliphatic hydroxyl groups excluding tert-OH is 1. The molecule has 10 heteroatoms. The molecule has 2 bridgehead atoms. The number of hydrogen-bond acceptors (Lipinski definition) is 6. The SMILES string of the molecule is CCOc1ccc(NC(=O)[C@H]2[C@@H]3OC4(CC3Br)C(C(=O)Nc3ccc5ccccc5c3)N([C@@H](CO)C(C)C)C(=O)[C@H]24)cc1. The first kappa shape index (κ1) is 29.6. The normalized spacial score (nSPS) is 28.3. The quantitative estimate of drug-likeness (QED) is 0.292. The Labute approximate surface area is 259 Å². The average Bonchev–Trinajstić information content (AvgIpc) is 3.58. The summed E-state index contributed by atoms with van der Waals surface area (Å²) in [6.45, 7) is 5.91. The maximum absolute atomic E-state index is 14.4. The number of anilines is 2. The number of fused-ring (bicyclic) bond motifs is 2. The average molecular weight is 651 g/mol. The van der Waals surface area contributed by atoms with Crippen LogP contribution in [0.4, 0.5) is 11.4 Å². The zero-order valence-electron chi connectivity index (χ0n) is 24.3. The number of nitrogens with zero attached hydrogens (tertiary/aromatic N) is 1. The third-order valence-electron chi connectivity index (χ3n) is 9.04. The van der Waals surface area contributed by atoms with Gasteiger partial charge >= 0.3 is 0 Å². The molecule has 3 aromatic rings. The molecule has 3 amide bonds. The predicted molar refractivity (Wildman–Crippen MR) is 167 cm³/mol. The van der Waals surface area contributed by atoms with Crippen LogP contribution in [0.1, 0.15) is 27.2 Å². The summed E-state index contributed by atoms with van der Waals surface area (Å²) in [5.74, 6) is -2.27. The second kappa shape index (κ2) is 11.6. The molecule has 3 fully saturated rings. The van der Waals surface area contributed by atoms with Crippen LogP contribution in [-0.2, 0) is 19.1 Å². The van der Waals surface area contributed by atoms with Gasteiger partial charge in [0.2, 0.25) is 17.7 Å². The Morgan fingerprint density at radius 3 is 2.40 bits per heavy atom. The molecule has 0 radical (unpaired) electrons. The molecule has 3 saturated heterocycles. The molecule has 1 spiro atoms. The maximum atomic E-state index is 14.4. The fourth-order valence-electron chi connectivity index (χ4n) is 7.15. The minimum absolute atomic E-state index is 0.145. The van der Waals surface area contributed by atoms with Crippen molar-refractivity contribution in [2.75, 3.05) is 23.8 Å². The van der Waals surface area contributed by atoms with E-state index in [4.69, 9.17) is 9.47 Å². The number of benzene rings is 3. The van der Waals surface area contributed by atoms with Crippen LogP contribution in [-0.4, -0.2) is 69.6 Å². The van der Waals surface area contributed by atoms with Crippen LogP contribution < -0.4 is 15.4 Å². The van der Waals surface area contributed by atoms with E-state index in [1.165, 1.54) is 4.90 Å². The zero-order valence-corrected chi connectivity index (χ0v) is 25.9. The molecule has 3 heterocycles. The van der Waals surface area contributed by atoms with Gasteiger partial charge in [-0.3, -0.25) is 14.4 Å². The highest BCUT2D eigenvalue weighted by atomic mass is 79.9. The monoisotopic (exact) mass is 649 g/mol. The van der Waals surface area contributed by atoms with Crippen molar-refractivity contribution in [1.82, 2.24) is 4.90 Å². The number of carbonyl (C=O) groups is 3. The third kappa shape index (κ3) is 4.99. The molecule has 226 valence electrons. The highest BCUT2D eigenvalue weighted by Gasteiger charge is 2.77. The number of halogens is 1. The van der Waals surface area contributed by atoms with Crippen molar-refractivity contribution in [2.45, 2.75) is 55.8 Å². The van der Waals surface area contributed by atoms with Gasteiger partial charge in [-0.05, 0) is 66.4 Å². The van der Waals surface area contributed by atoms with Gasteiger partial charge in [0.25, 0.3) is 0 Å². The summed E-state index contributed by atoms with van der Waals surface area (Å²) in [7, 11) is 0. The van der Waals surface area contributed by atoms with Crippen LogP contribution in [0, 0.1) is 17.8 Å². The molecule has 6 rings (SSSR count). The van der Waals surface area contributed by atoms with Gasteiger partial charge in [0, 0.05) is 16.2 Å². The highest BCUT2D eigenvalue weighted by molar-refractivity contribution is 9.09. The van der Waals surface area contributed by atoms with Crippen LogP contribution in [0.3, 0.4) is 0 Å². The van der Waals surface area contributed by atoms with E-state index in [1.54, 1.807) is 24.3 Å². The van der Waals surface area contributed by atoms with Gasteiger partial charge < -0.3 is 30.1 Å². The van der Waals surface area contributed by atoms with Gasteiger partial charge in [-0.25, -0.2) is 0 Å².